The minimum atomic E-state index is 0.960. The van der Waals surface area contributed by atoms with Crippen LogP contribution in [0.2, 0.25) is 0 Å². The van der Waals surface area contributed by atoms with Gasteiger partial charge in [0, 0.05) is 18.8 Å². The van der Waals surface area contributed by atoms with E-state index in [1.165, 1.54) is 0 Å². The summed E-state index contributed by atoms with van der Waals surface area (Å²) >= 11 is 0. The molecular formula is C8H16N. The molecule has 0 aliphatic heterocycles. The van der Waals surface area contributed by atoms with Crippen LogP contribution in [0.25, 0.3) is 0 Å². The molecule has 53 valence electrons. The summed E-state index contributed by atoms with van der Waals surface area (Å²) in [6, 6.07) is 0. The Hall–Kier alpha value is -0.460. The van der Waals surface area contributed by atoms with Gasteiger partial charge in [-0.15, -0.1) is 0 Å². The molecule has 0 unspecified atom stereocenters. The lowest BCUT2D eigenvalue weighted by molar-refractivity contribution is 0.372. The van der Waals surface area contributed by atoms with E-state index >= 15 is 0 Å². The van der Waals surface area contributed by atoms with Crippen molar-refractivity contribution in [1.29, 1.82) is 0 Å². The standard InChI is InChI=1S/C8H16N/c1-5-8(4)9(6-2)7-3/h4H,5-7H2,1-3H3. The summed E-state index contributed by atoms with van der Waals surface area (Å²) in [6.07, 6.45) is 0.960. The first kappa shape index (κ1) is 8.54. The molecule has 0 fully saturated rings. The summed E-state index contributed by atoms with van der Waals surface area (Å²) in [5.74, 6) is 0. The van der Waals surface area contributed by atoms with Gasteiger partial charge in [-0.2, -0.15) is 0 Å². The Balaban J connectivity index is 3.64. The molecule has 0 atom stereocenters. The highest BCUT2D eigenvalue weighted by molar-refractivity contribution is 4.88. The number of rotatable bonds is 4. The van der Waals surface area contributed by atoms with Crippen molar-refractivity contribution in [3.63, 3.8) is 0 Å². The maximum Gasteiger partial charge on any atom is 0.0146 e. The van der Waals surface area contributed by atoms with Crippen molar-refractivity contribution in [2.75, 3.05) is 13.1 Å². The average molecular weight is 126 g/mol. The summed E-state index contributed by atoms with van der Waals surface area (Å²) in [7, 11) is 0. The smallest absolute Gasteiger partial charge is 0.0146 e. The largest absolute Gasteiger partial charge is 0.375 e. The van der Waals surface area contributed by atoms with Crippen LogP contribution in [0.5, 0.6) is 0 Å². The lowest BCUT2D eigenvalue weighted by Gasteiger charge is -2.21. The third-order valence-electron chi connectivity index (χ3n) is 1.53. The van der Waals surface area contributed by atoms with Crippen LogP contribution >= 0.6 is 0 Å². The molecule has 0 saturated heterocycles. The van der Waals surface area contributed by atoms with E-state index in [0.29, 0.717) is 0 Å². The molecule has 1 nitrogen and oxygen atoms in total. The Bertz CT molecular complexity index is 82.6. The van der Waals surface area contributed by atoms with E-state index in [4.69, 9.17) is 6.58 Å². The minimum Gasteiger partial charge on any atom is -0.375 e. The zero-order chi connectivity index (χ0) is 7.28. The van der Waals surface area contributed by atoms with Crippen LogP contribution in [0.4, 0.5) is 0 Å². The van der Waals surface area contributed by atoms with E-state index in [1.807, 2.05) is 0 Å². The molecule has 0 heterocycles. The molecule has 0 aromatic heterocycles. The lowest BCUT2D eigenvalue weighted by atomic mass is 10.3. The Labute approximate surface area is 58.4 Å². The Morgan fingerprint density at radius 1 is 1.22 bits per heavy atom. The van der Waals surface area contributed by atoms with Crippen LogP contribution in [0.15, 0.2) is 5.70 Å². The Kier molecular flexibility index (Phi) is 4.20. The zero-order valence-corrected chi connectivity index (χ0v) is 6.65. The molecule has 1 radical (unpaired) electrons. The molecule has 0 rings (SSSR count). The van der Waals surface area contributed by atoms with E-state index in [9.17, 15) is 0 Å². The fourth-order valence-corrected chi connectivity index (χ4v) is 0.853. The summed E-state index contributed by atoms with van der Waals surface area (Å²) in [5.41, 5.74) is 1.00. The maximum atomic E-state index is 5.68. The molecule has 0 amide bonds. The first-order chi connectivity index (χ1) is 4.26. The molecule has 0 aromatic carbocycles. The number of hydrogen-bond donors (Lipinski definition) is 0. The normalized spacial score (nSPS) is 9.22. The fourth-order valence-electron chi connectivity index (χ4n) is 0.853. The lowest BCUT2D eigenvalue weighted by Crippen LogP contribution is -2.20. The molecule has 0 N–H and O–H groups in total. The number of nitrogens with zero attached hydrogens (tertiary/aromatic N) is 1. The number of hydrogen-bond acceptors (Lipinski definition) is 1. The molecule has 9 heavy (non-hydrogen) atoms. The van der Waals surface area contributed by atoms with E-state index < -0.39 is 0 Å². The maximum absolute atomic E-state index is 5.68. The molecule has 0 spiro atoms. The van der Waals surface area contributed by atoms with Crippen LogP contribution in [-0.2, 0) is 0 Å². The van der Waals surface area contributed by atoms with Crippen molar-refractivity contribution in [2.24, 2.45) is 0 Å². The first-order valence-electron chi connectivity index (χ1n) is 3.62. The third kappa shape index (κ3) is 2.54. The average Bonchev–Trinajstić information content (AvgIpc) is 1.90. The topological polar surface area (TPSA) is 3.24 Å². The van der Waals surface area contributed by atoms with Crippen molar-refractivity contribution in [1.82, 2.24) is 4.90 Å². The second-order valence-corrected chi connectivity index (χ2v) is 2.02. The molecule has 0 saturated carbocycles. The molecule has 0 bridgehead atoms. The van der Waals surface area contributed by atoms with Crippen LogP contribution in [-0.4, -0.2) is 18.0 Å². The fraction of sp³-hybridized carbons (Fsp3) is 0.750. The first-order valence-corrected chi connectivity index (χ1v) is 3.62. The summed E-state index contributed by atoms with van der Waals surface area (Å²) in [6.45, 7) is 14.0. The predicted molar refractivity (Wildman–Crippen MR) is 41.0 cm³/mol. The van der Waals surface area contributed by atoms with Crippen LogP contribution < -0.4 is 0 Å². The zero-order valence-electron chi connectivity index (χ0n) is 6.65. The van der Waals surface area contributed by atoms with Gasteiger partial charge in [-0.25, -0.2) is 0 Å². The third-order valence-corrected chi connectivity index (χ3v) is 1.53. The molecule has 1 heteroatoms. The van der Waals surface area contributed by atoms with E-state index in [0.717, 1.165) is 25.2 Å². The second kappa shape index (κ2) is 4.42. The number of allylic oxidation sites excluding steroid dienone is 1. The van der Waals surface area contributed by atoms with Gasteiger partial charge in [-0.1, -0.05) is 6.92 Å². The van der Waals surface area contributed by atoms with Crippen molar-refractivity contribution >= 4 is 0 Å². The quantitative estimate of drug-likeness (QED) is 0.557. The monoisotopic (exact) mass is 126 g/mol. The molecular weight excluding hydrogens is 110 g/mol. The second-order valence-electron chi connectivity index (χ2n) is 2.02. The van der Waals surface area contributed by atoms with Gasteiger partial charge in [0.2, 0.25) is 0 Å². The summed E-state index contributed by atoms with van der Waals surface area (Å²) in [5, 5.41) is 0. The van der Waals surface area contributed by atoms with Gasteiger partial charge in [-0.05, 0) is 26.8 Å². The van der Waals surface area contributed by atoms with Crippen LogP contribution in [0.1, 0.15) is 27.2 Å². The van der Waals surface area contributed by atoms with Gasteiger partial charge in [0.25, 0.3) is 0 Å². The van der Waals surface area contributed by atoms with Crippen molar-refractivity contribution in [3.05, 3.63) is 12.3 Å². The van der Waals surface area contributed by atoms with Gasteiger partial charge in [0.05, 0.1) is 0 Å². The highest BCUT2D eigenvalue weighted by atomic mass is 15.1. The summed E-state index contributed by atoms with van der Waals surface area (Å²) in [4.78, 5) is 2.17. The predicted octanol–water partition coefficient (Wildman–Crippen LogP) is 2.06. The van der Waals surface area contributed by atoms with Gasteiger partial charge >= 0.3 is 0 Å². The van der Waals surface area contributed by atoms with Crippen molar-refractivity contribution < 1.29 is 0 Å². The van der Waals surface area contributed by atoms with Gasteiger partial charge in [-0.3, -0.25) is 0 Å². The van der Waals surface area contributed by atoms with Crippen molar-refractivity contribution in [3.8, 4) is 0 Å². The van der Waals surface area contributed by atoms with Crippen LogP contribution in [0.3, 0.4) is 0 Å². The SMILES string of the molecule is [CH]=C(CC)N(CC)CC. The molecule has 0 aliphatic carbocycles. The van der Waals surface area contributed by atoms with Crippen LogP contribution in [0, 0.1) is 6.58 Å². The Morgan fingerprint density at radius 3 is 1.78 bits per heavy atom. The van der Waals surface area contributed by atoms with E-state index in [1.54, 1.807) is 0 Å². The van der Waals surface area contributed by atoms with E-state index in [-0.39, 0.29) is 0 Å². The van der Waals surface area contributed by atoms with Gasteiger partial charge in [0.15, 0.2) is 0 Å². The molecule has 0 aliphatic rings. The van der Waals surface area contributed by atoms with Gasteiger partial charge < -0.3 is 4.90 Å². The summed E-state index contributed by atoms with van der Waals surface area (Å²) < 4.78 is 0. The van der Waals surface area contributed by atoms with Gasteiger partial charge in [0.1, 0.15) is 0 Å². The van der Waals surface area contributed by atoms with Crippen molar-refractivity contribution in [2.45, 2.75) is 27.2 Å². The highest BCUT2D eigenvalue weighted by Gasteiger charge is 1.97. The highest BCUT2D eigenvalue weighted by Crippen LogP contribution is 2.03. The minimum absolute atomic E-state index is 0.960. The Morgan fingerprint density at radius 2 is 1.67 bits per heavy atom. The van der Waals surface area contributed by atoms with E-state index in [2.05, 4.69) is 25.7 Å². The molecule has 0 aromatic rings.